The fourth-order valence-electron chi connectivity index (χ4n) is 2.10. The van der Waals surface area contributed by atoms with Gasteiger partial charge in [0.1, 0.15) is 11.6 Å². The van der Waals surface area contributed by atoms with Crippen molar-refractivity contribution < 1.29 is 4.39 Å². The van der Waals surface area contributed by atoms with E-state index in [1.165, 1.54) is 6.07 Å². The summed E-state index contributed by atoms with van der Waals surface area (Å²) in [6, 6.07) is 12.5. The highest BCUT2D eigenvalue weighted by molar-refractivity contribution is 9.10. The second-order valence-corrected chi connectivity index (χ2v) is 5.26. The van der Waals surface area contributed by atoms with Crippen molar-refractivity contribution in [3.05, 3.63) is 58.6 Å². The molecule has 1 aromatic heterocycles. The van der Waals surface area contributed by atoms with Crippen LogP contribution in [0.2, 0.25) is 0 Å². The van der Waals surface area contributed by atoms with E-state index in [-0.39, 0.29) is 11.7 Å². The van der Waals surface area contributed by atoms with Gasteiger partial charge in [0.25, 0.3) is 0 Å². The monoisotopic (exact) mass is 338 g/mol. The first-order chi connectivity index (χ1) is 9.20. The van der Waals surface area contributed by atoms with Crippen LogP contribution < -0.4 is 0 Å². The van der Waals surface area contributed by atoms with Gasteiger partial charge in [0.2, 0.25) is 0 Å². The Balaban J connectivity index is 2.34. The number of fused-ring (bicyclic) bond motifs is 1. The molecule has 0 amide bonds. The molecule has 0 spiro atoms. The Kier molecular flexibility index (Phi) is 3.29. The van der Waals surface area contributed by atoms with E-state index in [4.69, 9.17) is 11.6 Å². The van der Waals surface area contributed by atoms with Crippen molar-refractivity contribution in [3.63, 3.8) is 0 Å². The molecule has 5 heteroatoms. The summed E-state index contributed by atoms with van der Waals surface area (Å²) < 4.78 is 16.6. The number of nitrogens with zero attached hydrogens (tertiary/aromatic N) is 2. The zero-order chi connectivity index (χ0) is 13.4. The Bertz CT molecular complexity index is 754. The molecule has 0 unspecified atom stereocenters. The standard InChI is InChI=1S/C14H9BrClFN2/c15-9-5-6-12(10(17)7-9)19-13-4-2-1-3-11(13)18-14(19)8-16/h1-7H,8H2. The zero-order valence-corrected chi connectivity index (χ0v) is 12.1. The van der Waals surface area contributed by atoms with E-state index in [0.29, 0.717) is 16.0 Å². The van der Waals surface area contributed by atoms with Gasteiger partial charge in [-0.2, -0.15) is 0 Å². The van der Waals surface area contributed by atoms with E-state index in [9.17, 15) is 4.39 Å². The summed E-state index contributed by atoms with van der Waals surface area (Å²) in [5.74, 6) is 0.539. The number of para-hydroxylation sites is 2. The molecule has 0 bridgehead atoms. The molecule has 2 nitrogen and oxygen atoms in total. The Labute approximate surface area is 123 Å². The second-order valence-electron chi connectivity index (χ2n) is 4.08. The van der Waals surface area contributed by atoms with E-state index >= 15 is 0 Å². The molecule has 0 aliphatic carbocycles. The lowest BCUT2D eigenvalue weighted by atomic mass is 10.2. The van der Waals surface area contributed by atoms with Gasteiger partial charge >= 0.3 is 0 Å². The van der Waals surface area contributed by atoms with Crippen LogP contribution in [0.3, 0.4) is 0 Å². The minimum Gasteiger partial charge on any atom is -0.292 e. The summed E-state index contributed by atoms with van der Waals surface area (Å²) >= 11 is 9.18. The molecule has 2 aromatic carbocycles. The summed E-state index contributed by atoms with van der Waals surface area (Å²) in [6.07, 6.45) is 0. The largest absolute Gasteiger partial charge is 0.292 e. The number of aromatic nitrogens is 2. The molecular weight excluding hydrogens is 331 g/mol. The van der Waals surface area contributed by atoms with Gasteiger partial charge in [0.05, 0.1) is 22.6 Å². The van der Waals surface area contributed by atoms with Crippen molar-refractivity contribution in [1.29, 1.82) is 0 Å². The van der Waals surface area contributed by atoms with Crippen LogP contribution in [0.25, 0.3) is 16.7 Å². The van der Waals surface area contributed by atoms with Crippen LogP contribution in [0.5, 0.6) is 0 Å². The normalized spacial score (nSPS) is 11.1. The highest BCUT2D eigenvalue weighted by atomic mass is 79.9. The molecule has 0 aliphatic heterocycles. The maximum Gasteiger partial charge on any atom is 0.148 e. The van der Waals surface area contributed by atoms with Gasteiger partial charge in [-0.3, -0.25) is 4.57 Å². The van der Waals surface area contributed by atoms with E-state index in [1.807, 2.05) is 24.3 Å². The first-order valence-corrected chi connectivity index (χ1v) is 7.01. The topological polar surface area (TPSA) is 17.8 Å². The van der Waals surface area contributed by atoms with E-state index < -0.39 is 0 Å². The summed E-state index contributed by atoms with van der Waals surface area (Å²) in [6.45, 7) is 0. The van der Waals surface area contributed by atoms with Gasteiger partial charge in [-0.05, 0) is 30.3 Å². The zero-order valence-electron chi connectivity index (χ0n) is 9.78. The van der Waals surface area contributed by atoms with Crippen LogP contribution in [-0.2, 0) is 5.88 Å². The van der Waals surface area contributed by atoms with Gasteiger partial charge in [0, 0.05) is 4.47 Å². The average molecular weight is 340 g/mol. The third-order valence-electron chi connectivity index (χ3n) is 2.90. The maximum absolute atomic E-state index is 14.1. The number of halogens is 3. The molecule has 19 heavy (non-hydrogen) atoms. The van der Waals surface area contributed by atoms with Crippen LogP contribution >= 0.6 is 27.5 Å². The second kappa shape index (κ2) is 4.94. The molecule has 0 aliphatic rings. The molecular formula is C14H9BrClFN2. The van der Waals surface area contributed by atoms with Gasteiger partial charge in [-0.1, -0.05) is 28.1 Å². The lowest BCUT2D eigenvalue weighted by Crippen LogP contribution is -2.02. The molecule has 1 heterocycles. The fraction of sp³-hybridized carbons (Fsp3) is 0.0714. The van der Waals surface area contributed by atoms with Crippen LogP contribution in [0.4, 0.5) is 4.39 Å². The van der Waals surface area contributed by atoms with Crippen LogP contribution in [0.15, 0.2) is 46.9 Å². The maximum atomic E-state index is 14.1. The predicted octanol–water partition coefficient (Wildman–Crippen LogP) is 4.67. The first-order valence-electron chi connectivity index (χ1n) is 5.68. The molecule has 3 rings (SSSR count). The molecule has 0 atom stereocenters. The lowest BCUT2D eigenvalue weighted by molar-refractivity contribution is 0.617. The number of benzene rings is 2. The van der Waals surface area contributed by atoms with Gasteiger partial charge < -0.3 is 0 Å². The van der Waals surface area contributed by atoms with Crippen LogP contribution in [0.1, 0.15) is 5.82 Å². The summed E-state index contributed by atoms with van der Waals surface area (Å²) in [5, 5.41) is 0. The Hall–Kier alpha value is -1.39. The number of alkyl halides is 1. The molecule has 0 radical (unpaired) electrons. The molecule has 96 valence electrons. The Morgan fingerprint density at radius 2 is 2.00 bits per heavy atom. The highest BCUT2D eigenvalue weighted by Crippen LogP contribution is 2.26. The SMILES string of the molecule is Fc1cc(Br)ccc1-n1c(CCl)nc2ccccc21. The molecule has 0 saturated carbocycles. The third kappa shape index (κ3) is 2.15. The first kappa shape index (κ1) is 12.6. The summed E-state index contributed by atoms with van der Waals surface area (Å²) in [5.41, 5.74) is 2.10. The minimum atomic E-state index is -0.316. The smallest absolute Gasteiger partial charge is 0.148 e. The molecule has 0 N–H and O–H groups in total. The van der Waals surface area contributed by atoms with Crippen molar-refractivity contribution in [3.8, 4) is 5.69 Å². The van der Waals surface area contributed by atoms with E-state index in [0.717, 1.165) is 11.0 Å². The Morgan fingerprint density at radius 3 is 2.74 bits per heavy atom. The number of rotatable bonds is 2. The van der Waals surface area contributed by atoms with E-state index in [1.54, 1.807) is 16.7 Å². The highest BCUT2D eigenvalue weighted by Gasteiger charge is 2.14. The number of hydrogen-bond donors (Lipinski definition) is 0. The molecule has 0 saturated heterocycles. The summed E-state index contributed by atoms with van der Waals surface area (Å²) in [4.78, 5) is 4.42. The molecule has 3 aromatic rings. The van der Waals surface area contributed by atoms with Crippen molar-refractivity contribution in [1.82, 2.24) is 9.55 Å². The predicted molar refractivity (Wildman–Crippen MR) is 78.3 cm³/mol. The van der Waals surface area contributed by atoms with Gasteiger partial charge in [-0.25, -0.2) is 9.37 Å². The third-order valence-corrected chi connectivity index (χ3v) is 3.63. The minimum absolute atomic E-state index is 0.226. The number of imidazole rings is 1. The molecule has 0 fully saturated rings. The quantitative estimate of drug-likeness (QED) is 0.621. The van der Waals surface area contributed by atoms with Crippen molar-refractivity contribution in [2.24, 2.45) is 0 Å². The van der Waals surface area contributed by atoms with Crippen molar-refractivity contribution >= 4 is 38.6 Å². The lowest BCUT2D eigenvalue weighted by Gasteiger charge is -2.09. The Morgan fingerprint density at radius 1 is 1.21 bits per heavy atom. The van der Waals surface area contributed by atoms with Crippen LogP contribution in [0, 0.1) is 5.82 Å². The van der Waals surface area contributed by atoms with Crippen molar-refractivity contribution in [2.75, 3.05) is 0 Å². The van der Waals surface area contributed by atoms with E-state index in [2.05, 4.69) is 20.9 Å². The summed E-state index contributed by atoms with van der Waals surface area (Å²) in [7, 11) is 0. The van der Waals surface area contributed by atoms with Gasteiger partial charge in [0.15, 0.2) is 0 Å². The van der Waals surface area contributed by atoms with Crippen molar-refractivity contribution in [2.45, 2.75) is 5.88 Å². The average Bonchev–Trinajstić information content (AvgIpc) is 2.77. The van der Waals surface area contributed by atoms with Crippen LogP contribution in [-0.4, -0.2) is 9.55 Å². The fourth-order valence-corrected chi connectivity index (χ4v) is 2.61. The number of hydrogen-bond acceptors (Lipinski definition) is 1. The van der Waals surface area contributed by atoms with Gasteiger partial charge in [-0.15, -0.1) is 11.6 Å².